The second kappa shape index (κ2) is 6.27. The summed E-state index contributed by atoms with van der Waals surface area (Å²) in [5.41, 5.74) is -0.119. The van der Waals surface area contributed by atoms with Crippen LogP contribution in [0.15, 0.2) is 24.3 Å². The van der Waals surface area contributed by atoms with Crippen LogP contribution in [0.3, 0.4) is 0 Å². The average Bonchev–Trinajstić information content (AvgIpc) is 2.33. The van der Waals surface area contributed by atoms with Gasteiger partial charge in [0.15, 0.2) is 0 Å². The molecule has 0 spiro atoms. The van der Waals surface area contributed by atoms with E-state index in [2.05, 4.69) is 10.1 Å². The van der Waals surface area contributed by atoms with Gasteiger partial charge in [0.1, 0.15) is 11.8 Å². The van der Waals surface area contributed by atoms with E-state index in [4.69, 9.17) is 5.11 Å². The van der Waals surface area contributed by atoms with Crippen molar-refractivity contribution in [3.8, 4) is 5.75 Å². The first-order chi connectivity index (χ1) is 9.23. The lowest BCUT2D eigenvalue weighted by Gasteiger charge is -2.13. The number of alkyl halides is 3. The minimum atomic E-state index is -4.86. The molecular formula is C12H12F3NO4. The molecule has 0 radical (unpaired) electrons. The number of amides is 1. The predicted octanol–water partition coefficient (Wildman–Crippen LogP) is 2.18. The molecular weight excluding hydrogens is 279 g/mol. The van der Waals surface area contributed by atoms with Crippen LogP contribution in [0.1, 0.15) is 23.7 Å². The molecule has 0 heterocycles. The highest BCUT2D eigenvalue weighted by molar-refractivity contribution is 5.96. The Morgan fingerprint density at radius 2 is 2.05 bits per heavy atom. The molecule has 1 atom stereocenters. The molecule has 1 rings (SSSR count). The van der Waals surface area contributed by atoms with Crippen molar-refractivity contribution in [3.63, 3.8) is 0 Å². The smallest absolute Gasteiger partial charge is 0.480 e. The minimum Gasteiger partial charge on any atom is -0.480 e. The van der Waals surface area contributed by atoms with E-state index in [0.29, 0.717) is 0 Å². The third-order valence-electron chi connectivity index (χ3n) is 2.34. The molecule has 0 saturated heterocycles. The molecule has 1 amide bonds. The van der Waals surface area contributed by atoms with Crippen LogP contribution in [0.4, 0.5) is 13.2 Å². The molecule has 1 aromatic carbocycles. The van der Waals surface area contributed by atoms with Crippen molar-refractivity contribution in [2.75, 3.05) is 0 Å². The van der Waals surface area contributed by atoms with Gasteiger partial charge in [-0.15, -0.1) is 13.2 Å². The Kier molecular flexibility index (Phi) is 4.95. The van der Waals surface area contributed by atoms with E-state index in [9.17, 15) is 22.8 Å². The average molecular weight is 291 g/mol. The number of benzene rings is 1. The quantitative estimate of drug-likeness (QED) is 0.872. The molecule has 0 bridgehead atoms. The van der Waals surface area contributed by atoms with Gasteiger partial charge in [-0.2, -0.15) is 0 Å². The van der Waals surface area contributed by atoms with Gasteiger partial charge in [-0.25, -0.2) is 4.79 Å². The zero-order chi connectivity index (χ0) is 15.3. The molecule has 5 nitrogen and oxygen atoms in total. The van der Waals surface area contributed by atoms with Gasteiger partial charge < -0.3 is 15.2 Å². The summed E-state index contributed by atoms with van der Waals surface area (Å²) in [5, 5.41) is 11.0. The Morgan fingerprint density at radius 3 is 2.55 bits per heavy atom. The Hall–Kier alpha value is -2.25. The number of carboxylic acids is 1. The zero-order valence-corrected chi connectivity index (χ0v) is 10.4. The Morgan fingerprint density at radius 1 is 1.40 bits per heavy atom. The van der Waals surface area contributed by atoms with Crippen LogP contribution in [0.25, 0.3) is 0 Å². The summed E-state index contributed by atoms with van der Waals surface area (Å²) in [6.07, 6.45) is -4.71. The van der Waals surface area contributed by atoms with E-state index >= 15 is 0 Å². The van der Waals surface area contributed by atoms with Gasteiger partial charge in [-0.3, -0.25) is 4.79 Å². The van der Waals surface area contributed by atoms with Crippen LogP contribution in [-0.4, -0.2) is 29.4 Å². The Labute approximate surface area is 112 Å². The predicted molar refractivity (Wildman–Crippen MR) is 62.3 cm³/mol. The molecule has 0 aliphatic heterocycles. The maximum absolute atomic E-state index is 12.0. The Balaban J connectivity index is 2.83. The van der Waals surface area contributed by atoms with Gasteiger partial charge in [0.25, 0.3) is 5.91 Å². The standard InChI is InChI=1S/C12H12F3NO4/c1-2-9(11(18)19)16-10(17)7-4-3-5-8(6-7)20-12(13,14)15/h3-6,9H,2H2,1H3,(H,16,17)(H,18,19). The lowest BCUT2D eigenvalue weighted by Crippen LogP contribution is -2.40. The van der Waals surface area contributed by atoms with E-state index in [1.165, 1.54) is 12.1 Å². The number of aliphatic carboxylic acids is 1. The number of hydrogen-bond donors (Lipinski definition) is 2. The summed E-state index contributed by atoms with van der Waals surface area (Å²) < 4.78 is 39.8. The summed E-state index contributed by atoms with van der Waals surface area (Å²) >= 11 is 0. The van der Waals surface area contributed by atoms with Crippen molar-refractivity contribution in [2.24, 2.45) is 0 Å². The molecule has 0 aliphatic rings. The lowest BCUT2D eigenvalue weighted by molar-refractivity contribution is -0.274. The molecule has 0 fully saturated rings. The molecule has 0 saturated carbocycles. The molecule has 0 aliphatic carbocycles. The number of carbonyl (C=O) groups excluding carboxylic acids is 1. The molecule has 20 heavy (non-hydrogen) atoms. The van der Waals surface area contributed by atoms with Crippen LogP contribution in [0, 0.1) is 0 Å². The van der Waals surface area contributed by atoms with E-state index in [0.717, 1.165) is 12.1 Å². The van der Waals surface area contributed by atoms with Crippen molar-refractivity contribution in [1.29, 1.82) is 0 Å². The zero-order valence-electron chi connectivity index (χ0n) is 10.4. The first-order valence-corrected chi connectivity index (χ1v) is 5.62. The third-order valence-corrected chi connectivity index (χ3v) is 2.34. The van der Waals surface area contributed by atoms with Crippen molar-refractivity contribution < 1.29 is 32.6 Å². The van der Waals surface area contributed by atoms with Crippen molar-refractivity contribution >= 4 is 11.9 Å². The highest BCUT2D eigenvalue weighted by Gasteiger charge is 2.31. The number of halogens is 3. The normalized spacial score (nSPS) is 12.6. The molecule has 0 aromatic heterocycles. The number of carbonyl (C=O) groups is 2. The number of rotatable bonds is 5. The summed E-state index contributed by atoms with van der Waals surface area (Å²) in [5.74, 6) is -2.55. The third kappa shape index (κ3) is 4.79. The molecule has 1 aromatic rings. The maximum atomic E-state index is 12.0. The van der Waals surface area contributed by atoms with Crippen molar-refractivity contribution in [2.45, 2.75) is 25.7 Å². The summed E-state index contributed by atoms with van der Waals surface area (Å²) in [6.45, 7) is 1.56. The van der Waals surface area contributed by atoms with Gasteiger partial charge in [0.05, 0.1) is 0 Å². The van der Waals surface area contributed by atoms with Crippen molar-refractivity contribution in [1.82, 2.24) is 5.32 Å². The van der Waals surface area contributed by atoms with E-state index in [1.807, 2.05) is 0 Å². The highest BCUT2D eigenvalue weighted by Crippen LogP contribution is 2.23. The van der Waals surface area contributed by atoms with E-state index in [1.54, 1.807) is 6.92 Å². The Bertz CT molecular complexity index is 502. The second-order valence-electron chi connectivity index (χ2n) is 3.85. The van der Waals surface area contributed by atoms with Gasteiger partial charge in [-0.05, 0) is 24.6 Å². The monoisotopic (exact) mass is 291 g/mol. The van der Waals surface area contributed by atoms with Crippen LogP contribution in [-0.2, 0) is 4.79 Å². The summed E-state index contributed by atoms with van der Waals surface area (Å²) in [4.78, 5) is 22.5. The van der Waals surface area contributed by atoms with Crippen LogP contribution in [0.2, 0.25) is 0 Å². The largest absolute Gasteiger partial charge is 0.573 e. The maximum Gasteiger partial charge on any atom is 0.573 e. The fraction of sp³-hybridized carbons (Fsp3) is 0.333. The molecule has 2 N–H and O–H groups in total. The number of nitrogens with one attached hydrogen (secondary N) is 1. The molecule has 8 heteroatoms. The first-order valence-electron chi connectivity index (χ1n) is 5.62. The number of carboxylic acid groups (broad SMARTS) is 1. The van der Waals surface area contributed by atoms with E-state index in [-0.39, 0.29) is 12.0 Å². The molecule has 110 valence electrons. The number of ether oxygens (including phenoxy) is 1. The van der Waals surface area contributed by atoms with Gasteiger partial charge in [0, 0.05) is 5.56 Å². The topological polar surface area (TPSA) is 75.6 Å². The number of hydrogen-bond acceptors (Lipinski definition) is 3. The first kappa shape index (κ1) is 15.8. The van der Waals surface area contributed by atoms with Crippen LogP contribution in [0.5, 0.6) is 5.75 Å². The van der Waals surface area contributed by atoms with Crippen LogP contribution < -0.4 is 10.1 Å². The fourth-order valence-corrected chi connectivity index (χ4v) is 1.41. The lowest BCUT2D eigenvalue weighted by atomic mass is 10.1. The van der Waals surface area contributed by atoms with Gasteiger partial charge in [0.2, 0.25) is 0 Å². The highest BCUT2D eigenvalue weighted by atomic mass is 19.4. The fourth-order valence-electron chi connectivity index (χ4n) is 1.41. The van der Waals surface area contributed by atoms with Crippen molar-refractivity contribution in [3.05, 3.63) is 29.8 Å². The molecule has 1 unspecified atom stereocenters. The van der Waals surface area contributed by atoms with Crippen LogP contribution >= 0.6 is 0 Å². The summed E-state index contributed by atoms with van der Waals surface area (Å²) in [7, 11) is 0. The van der Waals surface area contributed by atoms with Gasteiger partial charge >= 0.3 is 12.3 Å². The van der Waals surface area contributed by atoms with E-state index < -0.39 is 30.0 Å². The SMILES string of the molecule is CCC(NC(=O)c1cccc(OC(F)(F)F)c1)C(=O)O. The van der Waals surface area contributed by atoms with Gasteiger partial charge in [-0.1, -0.05) is 13.0 Å². The minimum absolute atomic E-state index is 0.119. The second-order valence-corrected chi connectivity index (χ2v) is 3.85. The summed E-state index contributed by atoms with van der Waals surface area (Å²) in [6, 6.07) is 3.29.